The summed E-state index contributed by atoms with van der Waals surface area (Å²) in [6.45, 7) is 5.43. The highest BCUT2D eigenvalue weighted by molar-refractivity contribution is 14.1. The summed E-state index contributed by atoms with van der Waals surface area (Å²) < 4.78 is 6.63. The fraction of sp³-hybridized carbons (Fsp3) is 0.619. The number of anilines is 2. The van der Waals surface area contributed by atoms with E-state index >= 15 is 0 Å². The molecule has 0 amide bonds. The van der Waals surface area contributed by atoms with Crippen LogP contribution in [0.25, 0.3) is 10.9 Å². The van der Waals surface area contributed by atoms with Crippen LogP contribution in [0.1, 0.15) is 32.1 Å². The number of benzene rings is 1. The Morgan fingerprint density at radius 2 is 1.86 bits per heavy atom. The first-order valence-corrected chi connectivity index (χ1v) is 11.4. The first-order valence-electron chi connectivity index (χ1n) is 10.4. The van der Waals surface area contributed by atoms with Gasteiger partial charge in [0.2, 0.25) is 5.95 Å². The molecule has 0 bridgehead atoms. The van der Waals surface area contributed by atoms with E-state index in [0.717, 1.165) is 51.6 Å². The first-order chi connectivity index (χ1) is 13.6. The molecule has 152 valence electrons. The third kappa shape index (κ3) is 4.45. The van der Waals surface area contributed by atoms with Crippen LogP contribution in [0, 0.1) is 9.49 Å². The maximum absolute atomic E-state index is 5.55. The van der Waals surface area contributed by atoms with Crippen molar-refractivity contribution in [3.8, 4) is 5.75 Å². The number of aromatic nitrogens is 2. The Labute approximate surface area is 181 Å². The number of piperidine rings is 2. The van der Waals surface area contributed by atoms with Crippen molar-refractivity contribution in [3.63, 3.8) is 0 Å². The zero-order chi connectivity index (χ0) is 19.5. The molecule has 28 heavy (non-hydrogen) atoms. The summed E-state index contributed by atoms with van der Waals surface area (Å²) in [7, 11) is 3.93. The predicted molar refractivity (Wildman–Crippen MR) is 124 cm³/mol. The Morgan fingerprint density at radius 1 is 1.11 bits per heavy atom. The normalized spacial score (nSPS) is 19.2. The molecule has 0 radical (unpaired) electrons. The average Bonchev–Trinajstić information content (AvgIpc) is 2.73. The monoisotopic (exact) mass is 495 g/mol. The third-order valence-corrected chi connectivity index (χ3v) is 6.84. The van der Waals surface area contributed by atoms with Crippen LogP contribution in [0.15, 0.2) is 12.1 Å². The summed E-state index contributed by atoms with van der Waals surface area (Å²) in [4.78, 5) is 14.6. The molecule has 0 unspecified atom stereocenters. The summed E-state index contributed by atoms with van der Waals surface area (Å²) in [6.07, 6.45) is 6.24. The van der Waals surface area contributed by atoms with E-state index in [9.17, 15) is 0 Å². The molecule has 2 fully saturated rings. The van der Waals surface area contributed by atoms with E-state index < -0.39 is 0 Å². The highest BCUT2D eigenvalue weighted by Crippen LogP contribution is 2.32. The number of fused-ring (bicyclic) bond motifs is 1. The second-order valence-corrected chi connectivity index (χ2v) is 9.21. The van der Waals surface area contributed by atoms with Gasteiger partial charge in [-0.15, -0.1) is 0 Å². The van der Waals surface area contributed by atoms with Gasteiger partial charge >= 0.3 is 0 Å². The van der Waals surface area contributed by atoms with E-state index in [1.807, 2.05) is 0 Å². The maximum Gasteiger partial charge on any atom is 0.227 e. The van der Waals surface area contributed by atoms with Gasteiger partial charge in [0.25, 0.3) is 0 Å². The van der Waals surface area contributed by atoms with Gasteiger partial charge in [0, 0.05) is 25.0 Å². The molecule has 2 aliphatic rings. The van der Waals surface area contributed by atoms with E-state index in [1.165, 1.54) is 45.2 Å². The number of likely N-dealkylation sites (tertiary alicyclic amines) is 1. The van der Waals surface area contributed by atoms with Crippen molar-refractivity contribution >= 4 is 45.3 Å². The lowest BCUT2D eigenvalue weighted by Crippen LogP contribution is -2.33. The van der Waals surface area contributed by atoms with Crippen molar-refractivity contribution in [2.24, 2.45) is 5.92 Å². The lowest BCUT2D eigenvalue weighted by Gasteiger charge is -2.30. The average molecular weight is 495 g/mol. The summed E-state index contributed by atoms with van der Waals surface area (Å²) in [6, 6.07) is 4.19. The van der Waals surface area contributed by atoms with E-state index in [2.05, 4.69) is 56.9 Å². The van der Waals surface area contributed by atoms with Crippen molar-refractivity contribution < 1.29 is 4.74 Å². The van der Waals surface area contributed by atoms with Crippen LogP contribution in [0.4, 0.5) is 11.8 Å². The van der Waals surface area contributed by atoms with Crippen molar-refractivity contribution in [2.75, 3.05) is 57.1 Å². The van der Waals surface area contributed by atoms with Crippen LogP contribution in [0.3, 0.4) is 0 Å². The van der Waals surface area contributed by atoms with Gasteiger partial charge in [-0.2, -0.15) is 4.98 Å². The number of ether oxygens (including phenoxy) is 1. The highest BCUT2D eigenvalue weighted by atomic mass is 127. The second-order valence-electron chi connectivity index (χ2n) is 8.05. The minimum atomic E-state index is 0.699. The number of hydrogen-bond donors (Lipinski definition) is 1. The summed E-state index contributed by atoms with van der Waals surface area (Å²) in [5.41, 5.74) is 0.992. The van der Waals surface area contributed by atoms with Gasteiger partial charge in [-0.05, 0) is 92.9 Å². The van der Waals surface area contributed by atoms with Crippen molar-refractivity contribution in [1.29, 1.82) is 0 Å². The van der Waals surface area contributed by atoms with Crippen molar-refractivity contribution in [2.45, 2.75) is 32.1 Å². The topological polar surface area (TPSA) is 53.5 Å². The number of nitrogens with one attached hydrogen (secondary N) is 1. The number of rotatable bonds is 5. The standard InChI is InChI=1S/C21H30IN5O/c1-26-10-6-15(7-11-26)14-23-20-16-12-19(28-2)17(22)13-18(16)24-21(25-20)27-8-4-3-5-9-27/h12-13,15H,3-11,14H2,1-2H3,(H,23,24,25). The molecule has 1 aromatic carbocycles. The minimum absolute atomic E-state index is 0.699. The molecule has 2 saturated heterocycles. The van der Waals surface area contributed by atoms with Gasteiger partial charge in [-0.25, -0.2) is 4.98 Å². The van der Waals surface area contributed by atoms with Gasteiger partial charge in [-0.1, -0.05) is 0 Å². The third-order valence-electron chi connectivity index (χ3n) is 5.99. The molecule has 0 aliphatic carbocycles. The minimum Gasteiger partial charge on any atom is -0.496 e. The molecule has 1 N–H and O–H groups in total. The summed E-state index contributed by atoms with van der Waals surface area (Å²) in [5.74, 6) is 3.38. The summed E-state index contributed by atoms with van der Waals surface area (Å²) >= 11 is 2.32. The van der Waals surface area contributed by atoms with Crippen LogP contribution in [0.5, 0.6) is 5.75 Å². The Hall–Kier alpha value is -1.35. The van der Waals surface area contributed by atoms with E-state index in [-0.39, 0.29) is 0 Å². The van der Waals surface area contributed by atoms with Gasteiger partial charge in [-0.3, -0.25) is 0 Å². The molecule has 0 spiro atoms. The summed E-state index contributed by atoms with van der Waals surface area (Å²) in [5, 5.41) is 4.72. The molecule has 3 heterocycles. The zero-order valence-electron chi connectivity index (χ0n) is 16.9. The fourth-order valence-corrected chi connectivity index (χ4v) is 4.82. The maximum atomic E-state index is 5.55. The van der Waals surface area contributed by atoms with Crippen LogP contribution >= 0.6 is 22.6 Å². The van der Waals surface area contributed by atoms with Crippen molar-refractivity contribution in [1.82, 2.24) is 14.9 Å². The van der Waals surface area contributed by atoms with Crippen LogP contribution in [0.2, 0.25) is 0 Å². The molecule has 1 aromatic heterocycles. The largest absolute Gasteiger partial charge is 0.496 e. The fourth-order valence-electron chi connectivity index (χ4n) is 4.15. The molecule has 2 aromatic rings. The molecule has 0 saturated carbocycles. The molecular weight excluding hydrogens is 465 g/mol. The first kappa shape index (κ1) is 19.9. The SMILES string of the molecule is COc1cc2c(NCC3CCN(C)CC3)nc(N3CCCCC3)nc2cc1I. The number of methoxy groups -OCH3 is 1. The number of nitrogens with zero attached hydrogens (tertiary/aromatic N) is 4. The molecule has 6 nitrogen and oxygen atoms in total. The van der Waals surface area contributed by atoms with Gasteiger partial charge in [0.1, 0.15) is 11.6 Å². The lowest BCUT2D eigenvalue weighted by atomic mass is 9.97. The second kappa shape index (κ2) is 8.98. The van der Waals surface area contributed by atoms with E-state index in [4.69, 9.17) is 14.7 Å². The molecule has 2 aliphatic heterocycles. The van der Waals surface area contributed by atoms with Gasteiger partial charge < -0.3 is 19.9 Å². The quantitative estimate of drug-likeness (QED) is 0.634. The van der Waals surface area contributed by atoms with Crippen molar-refractivity contribution in [3.05, 3.63) is 15.7 Å². The van der Waals surface area contributed by atoms with E-state index in [1.54, 1.807) is 7.11 Å². The number of hydrogen-bond acceptors (Lipinski definition) is 6. The van der Waals surface area contributed by atoms with E-state index in [0.29, 0.717) is 5.92 Å². The van der Waals surface area contributed by atoms with Crippen LogP contribution in [-0.2, 0) is 0 Å². The van der Waals surface area contributed by atoms with Gasteiger partial charge in [0.15, 0.2) is 0 Å². The van der Waals surface area contributed by atoms with Crippen LogP contribution < -0.4 is 15.0 Å². The zero-order valence-corrected chi connectivity index (χ0v) is 19.0. The Bertz CT molecular complexity index is 816. The lowest BCUT2D eigenvalue weighted by molar-refractivity contribution is 0.226. The van der Waals surface area contributed by atoms with Gasteiger partial charge in [0.05, 0.1) is 16.2 Å². The Kier molecular flexibility index (Phi) is 6.40. The Balaban J connectivity index is 1.64. The van der Waals surface area contributed by atoms with Crippen LogP contribution in [-0.4, -0.2) is 61.7 Å². The molecule has 4 rings (SSSR count). The Morgan fingerprint density at radius 3 is 2.57 bits per heavy atom. The smallest absolute Gasteiger partial charge is 0.227 e. The number of halogens is 1. The highest BCUT2D eigenvalue weighted by Gasteiger charge is 2.20. The molecule has 0 atom stereocenters. The predicted octanol–water partition coefficient (Wildman–Crippen LogP) is 3.99. The molecule has 7 heteroatoms. The molecular formula is C21H30IN5O.